The van der Waals surface area contributed by atoms with E-state index >= 15 is 0 Å². The van der Waals surface area contributed by atoms with Crippen LogP contribution in [-0.2, 0) is 6.42 Å². The quantitative estimate of drug-likeness (QED) is 0.859. The summed E-state index contributed by atoms with van der Waals surface area (Å²) < 4.78 is 5.15. The van der Waals surface area contributed by atoms with Crippen molar-refractivity contribution in [2.45, 2.75) is 19.8 Å². The highest BCUT2D eigenvalue weighted by atomic mass is 16.5. The van der Waals surface area contributed by atoms with Crippen LogP contribution < -0.4 is 4.74 Å². The number of methoxy groups -OCH3 is 1. The third-order valence-corrected chi connectivity index (χ3v) is 2.57. The van der Waals surface area contributed by atoms with Gasteiger partial charge in [0.25, 0.3) is 0 Å². The molecule has 3 nitrogen and oxygen atoms in total. The molecule has 0 aliphatic heterocycles. The van der Waals surface area contributed by atoms with Gasteiger partial charge in [-0.1, -0.05) is 13.3 Å². The summed E-state index contributed by atoms with van der Waals surface area (Å²) in [5.41, 5.74) is 1.61. The highest BCUT2D eigenvalue weighted by Gasteiger charge is 2.05. The van der Waals surface area contributed by atoms with E-state index in [0.717, 1.165) is 35.2 Å². The van der Waals surface area contributed by atoms with Crippen molar-refractivity contribution in [3.05, 3.63) is 30.0 Å². The first-order chi connectivity index (χ1) is 7.74. The van der Waals surface area contributed by atoms with Gasteiger partial charge in [0.1, 0.15) is 11.5 Å². The van der Waals surface area contributed by atoms with E-state index < -0.39 is 0 Å². The molecule has 0 fully saturated rings. The summed E-state index contributed by atoms with van der Waals surface area (Å²) in [5, 5.41) is 10.7. The summed E-state index contributed by atoms with van der Waals surface area (Å²) >= 11 is 0. The standard InChI is InChI=1S/C13H15NO2/c1-3-4-11-13(15)7-9-5-6-10(16-2)8-12(9)14-11/h5-8,15H,3-4H2,1-2H3. The molecule has 0 bridgehead atoms. The summed E-state index contributed by atoms with van der Waals surface area (Å²) in [6.07, 6.45) is 1.76. The average Bonchev–Trinajstić information content (AvgIpc) is 2.30. The van der Waals surface area contributed by atoms with Gasteiger partial charge in [-0.15, -0.1) is 0 Å². The van der Waals surface area contributed by atoms with E-state index in [1.807, 2.05) is 18.2 Å². The maximum Gasteiger partial charge on any atom is 0.137 e. The lowest BCUT2D eigenvalue weighted by Gasteiger charge is -2.06. The Balaban J connectivity index is 2.56. The van der Waals surface area contributed by atoms with Crippen LogP contribution in [0.2, 0.25) is 0 Å². The number of aryl methyl sites for hydroxylation is 1. The normalized spacial score (nSPS) is 10.6. The topological polar surface area (TPSA) is 42.4 Å². The van der Waals surface area contributed by atoms with E-state index in [9.17, 15) is 5.11 Å². The molecule has 0 radical (unpaired) electrons. The van der Waals surface area contributed by atoms with Gasteiger partial charge in [-0.3, -0.25) is 0 Å². The molecule has 0 saturated heterocycles. The third kappa shape index (κ3) is 1.94. The number of rotatable bonds is 3. The van der Waals surface area contributed by atoms with Crippen molar-refractivity contribution in [3.63, 3.8) is 0 Å². The SMILES string of the molecule is CCCc1nc2cc(OC)ccc2cc1O. The lowest BCUT2D eigenvalue weighted by atomic mass is 10.1. The fraction of sp³-hybridized carbons (Fsp3) is 0.308. The number of nitrogens with zero attached hydrogens (tertiary/aromatic N) is 1. The van der Waals surface area contributed by atoms with Gasteiger partial charge in [0, 0.05) is 11.5 Å². The molecule has 1 aromatic heterocycles. The Hall–Kier alpha value is -1.77. The first kappa shape index (κ1) is 10.7. The third-order valence-electron chi connectivity index (χ3n) is 2.57. The molecule has 0 saturated carbocycles. The number of ether oxygens (including phenoxy) is 1. The molecular weight excluding hydrogens is 202 g/mol. The number of hydrogen-bond donors (Lipinski definition) is 1. The zero-order chi connectivity index (χ0) is 11.5. The molecule has 0 aliphatic rings. The molecule has 0 atom stereocenters. The van der Waals surface area contributed by atoms with Crippen LogP contribution in [0.25, 0.3) is 10.9 Å². The Morgan fingerprint density at radius 3 is 2.81 bits per heavy atom. The lowest BCUT2D eigenvalue weighted by molar-refractivity contribution is 0.415. The maximum atomic E-state index is 9.77. The minimum atomic E-state index is 0.277. The average molecular weight is 217 g/mol. The van der Waals surface area contributed by atoms with Gasteiger partial charge < -0.3 is 9.84 Å². The summed E-state index contributed by atoms with van der Waals surface area (Å²) in [6.45, 7) is 2.07. The zero-order valence-electron chi connectivity index (χ0n) is 9.53. The van der Waals surface area contributed by atoms with Crippen molar-refractivity contribution >= 4 is 10.9 Å². The van der Waals surface area contributed by atoms with Gasteiger partial charge in [-0.2, -0.15) is 0 Å². The molecule has 0 spiro atoms. The maximum absolute atomic E-state index is 9.77. The Morgan fingerprint density at radius 1 is 1.31 bits per heavy atom. The Labute approximate surface area is 94.7 Å². The second-order valence-electron chi connectivity index (χ2n) is 3.76. The van der Waals surface area contributed by atoms with Crippen molar-refractivity contribution in [2.24, 2.45) is 0 Å². The summed E-state index contributed by atoms with van der Waals surface area (Å²) in [6, 6.07) is 7.40. The second kappa shape index (κ2) is 4.39. The molecule has 0 amide bonds. The smallest absolute Gasteiger partial charge is 0.137 e. The Morgan fingerprint density at radius 2 is 2.12 bits per heavy atom. The predicted molar refractivity (Wildman–Crippen MR) is 64.0 cm³/mol. The molecule has 0 unspecified atom stereocenters. The fourth-order valence-electron chi connectivity index (χ4n) is 1.72. The first-order valence-electron chi connectivity index (χ1n) is 5.41. The van der Waals surface area contributed by atoms with E-state index in [1.165, 1.54) is 0 Å². The van der Waals surface area contributed by atoms with Gasteiger partial charge in [-0.25, -0.2) is 4.98 Å². The minimum Gasteiger partial charge on any atom is -0.506 e. The van der Waals surface area contributed by atoms with E-state index in [-0.39, 0.29) is 5.75 Å². The van der Waals surface area contributed by atoms with Crippen LogP contribution in [0, 0.1) is 0 Å². The summed E-state index contributed by atoms with van der Waals surface area (Å²) in [4.78, 5) is 4.44. The van der Waals surface area contributed by atoms with Crippen molar-refractivity contribution in [1.82, 2.24) is 4.98 Å². The molecule has 2 aromatic rings. The number of pyridine rings is 1. The number of aromatic nitrogens is 1. The van der Waals surface area contributed by atoms with Gasteiger partial charge in [0.15, 0.2) is 0 Å². The van der Waals surface area contributed by atoms with Gasteiger partial charge in [-0.05, 0) is 24.6 Å². The van der Waals surface area contributed by atoms with E-state index in [4.69, 9.17) is 4.74 Å². The van der Waals surface area contributed by atoms with E-state index in [1.54, 1.807) is 13.2 Å². The highest BCUT2D eigenvalue weighted by molar-refractivity contribution is 5.81. The predicted octanol–water partition coefficient (Wildman–Crippen LogP) is 2.90. The number of fused-ring (bicyclic) bond motifs is 1. The van der Waals surface area contributed by atoms with Crippen molar-refractivity contribution in [2.75, 3.05) is 7.11 Å². The van der Waals surface area contributed by atoms with Crippen LogP contribution in [0.3, 0.4) is 0 Å². The number of hydrogen-bond acceptors (Lipinski definition) is 3. The summed E-state index contributed by atoms with van der Waals surface area (Å²) in [5.74, 6) is 1.06. The van der Waals surface area contributed by atoms with Crippen LogP contribution in [0.5, 0.6) is 11.5 Å². The molecule has 16 heavy (non-hydrogen) atoms. The monoisotopic (exact) mass is 217 g/mol. The molecule has 84 valence electrons. The molecular formula is C13H15NO2. The molecule has 1 aromatic carbocycles. The summed E-state index contributed by atoms with van der Waals surface area (Å²) in [7, 11) is 1.63. The van der Waals surface area contributed by atoms with Gasteiger partial charge in [0.2, 0.25) is 0 Å². The number of aromatic hydroxyl groups is 1. The number of benzene rings is 1. The van der Waals surface area contributed by atoms with Crippen molar-refractivity contribution in [1.29, 1.82) is 0 Å². The van der Waals surface area contributed by atoms with Crippen LogP contribution in [0.1, 0.15) is 19.0 Å². The molecule has 1 heterocycles. The zero-order valence-corrected chi connectivity index (χ0v) is 9.53. The Bertz CT molecular complexity index is 509. The fourth-order valence-corrected chi connectivity index (χ4v) is 1.72. The lowest BCUT2D eigenvalue weighted by Crippen LogP contribution is -1.92. The van der Waals surface area contributed by atoms with Gasteiger partial charge in [0.05, 0.1) is 18.3 Å². The molecule has 0 aliphatic carbocycles. The van der Waals surface area contributed by atoms with Crippen LogP contribution in [-0.4, -0.2) is 17.2 Å². The molecule has 2 rings (SSSR count). The van der Waals surface area contributed by atoms with Gasteiger partial charge >= 0.3 is 0 Å². The minimum absolute atomic E-state index is 0.277. The second-order valence-corrected chi connectivity index (χ2v) is 3.76. The highest BCUT2D eigenvalue weighted by Crippen LogP contribution is 2.25. The largest absolute Gasteiger partial charge is 0.506 e. The first-order valence-corrected chi connectivity index (χ1v) is 5.41. The van der Waals surface area contributed by atoms with Crippen LogP contribution in [0.4, 0.5) is 0 Å². The molecule has 3 heteroatoms. The van der Waals surface area contributed by atoms with E-state index in [2.05, 4.69) is 11.9 Å². The van der Waals surface area contributed by atoms with E-state index in [0.29, 0.717) is 0 Å². The van der Waals surface area contributed by atoms with Crippen LogP contribution >= 0.6 is 0 Å². The molecule has 1 N–H and O–H groups in total. The van der Waals surface area contributed by atoms with Crippen molar-refractivity contribution < 1.29 is 9.84 Å². The Kier molecular flexibility index (Phi) is 2.95. The van der Waals surface area contributed by atoms with Crippen LogP contribution in [0.15, 0.2) is 24.3 Å². The van der Waals surface area contributed by atoms with Crippen molar-refractivity contribution in [3.8, 4) is 11.5 Å².